The van der Waals surface area contributed by atoms with Crippen molar-refractivity contribution in [1.82, 2.24) is 0 Å². The largest absolute Gasteiger partial charge is 0.492 e. The van der Waals surface area contributed by atoms with Gasteiger partial charge in [-0.1, -0.05) is 18.2 Å². The van der Waals surface area contributed by atoms with E-state index in [4.69, 9.17) is 15.2 Å². The highest BCUT2D eigenvalue weighted by Crippen LogP contribution is 2.35. The molecule has 2 N–H and O–H groups in total. The lowest BCUT2D eigenvalue weighted by Gasteiger charge is -2.30. The molecular weight excluding hydrogens is 222 g/mol. The smallest absolute Gasteiger partial charge is 0.124 e. The minimum Gasteiger partial charge on any atom is -0.492 e. The first-order chi connectivity index (χ1) is 7.83. The lowest BCUT2D eigenvalue weighted by Crippen LogP contribution is -2.34. The van der Waals surface area contributed by atoms with Crippen LogP contribution in [-0.4, -0.2) is 31.3 Å². The van der Waals surface area contributed by atoms with Gasteiger partial charge in [0.1, 0.15) is 12.4 Å². The Morgan fingerprint density at radius 3 is 3.12 bits per heavy atom. The highest BCUT2D eigenvalue weighted by atomic mass is 32.2. The van der Waals surface area contributed by atoms with Crippen molar-refractivity contribution in [1.29, 1.82) is 0 Å². The zero-order chi connectivity index (χ0) is 11.4. The van der Waals surface area contributed by atoms with E-state index in [-0.39, 0.29) is 6.04 Å². The van der Waals surface area contributed by atoms with Crippen LogP contribution in [0.1, 0.15) is 11.6 Å². The molecule has 0 amide bonds. The van der Waals surface area contributed by atoms with E-state index in [1.54, 1.807) is 7.11 Å². The van der Waals surface area contributed by atoms with Gasteiger partial charge in [0, 0.05) is 24.5 Å². The second-order valence-electron chi connectivity index (χ2n) is 3.78. The number of rotatable bonds is 4. The molecule has 0 aliphatic carbocycles. The van der Waals surface area contributed by atoms with E-state index in [9.17, 15) is 0 Å². The lowest BCUT2D eigenvalue weighted by atomic mass is 10.0. The van der Waals surface area contributed by atoms with Crippen LogP contribution in [-0.2, 0) is 4.74 Å². The van der Waals surface area contributed by atoms with Crippen LogP contribution < -0.4 is 10.5 Å². The van der Waals surface area contributed by atoms with Gasteiger partial charge in [-0.3, -0.25) is 0 Å². The van der Waals surface area contributed by atoms with Crippen molar-refractivity contribution in [3.8, 4) is 5.75 Å². The summed E-state index contributed by atoms with van der Waals surface area (Å²) in [5, 5.41) is 0.324. The monoisotopic (exact) mass is 239 g/mol. The molecule has 1 aliphatic heterocycles. The first-order valence-corrected chi connectivity index (χ1v) is 6.45. The van der Waals surface area contributed by atoms with Crippen molar-refractivity contribution in [2.75, 3.05) is 26.1 Å². The third-order valence-electron chi connectivity index (χ3n) is 2.70. The molecule has 0 aromatic heterocycles. The van der Waals surface area contributed by atoms with E-state index < -0.39 is 0 Å². The summed E-state index contributed by atoms with van der Waals surface area (Å²) in [6.07, 6.45) is 0. The average molecular weight is 239 g/mol. The SMILES string of the molecule is COCCSC1COc2ccccc2C1N. The van der Waals surface area contributed by atoms with Crippen LogP contribution in [0, 0.1) is 0 Å². The fraction of sp³-hybridized carbons (Fsp3) is 0.500. The molecule has 2 atom stereocenters. The second kappa shape index (κ2) is 5.57. The summed E-state index contributed by atoms with van der Waals surface area (Å²) in [4.78, 5) is 0. The Labute approximate surface area is 100 Å². The fourth-order valence-electron chi connectivity index (χ4n) is 1.80. The van der Waals surface area contributed by atoms with Crippen LogP contribution in [0.15, 0.2) is 24.3 Å². The first-order valence-electron chi connectivity index (χ1n) is 5.41. The Kier molecular flexibility index (Phi) is 4.09. The average Bonchev–Trinajstić information content (AvgIpc) is 2.33. The molecule has 3 nitrogen and oxygen atoms in total. The molecule has 16 heavy (non-hydrogen) atoms. The maximum atomic E-state index is 6.23. The van der Waals surface area contributed by atoms with Gasteiger partial charge in [0.05, 0.1) is 11.9 Å². The van der Waals surface area contributed by atoms with Crippen LogP contribution in [0.2, 0.25) is 0 Å². The number of ether oxygens (including phenoxy) is 2. The van der Waals surface area contributed by atoms with Crippen molar-refractivity contribution in [2.24, 2.45) is 5.73 Å². The number of nitrogens with two attached hydrogens (primary N) is 1. The lowest BCUT2D eigenvalue weighted by molar-refractivity contribution is 0.218. The van der Waals surface area contributed by atoms with Crippen LogP contribution in [0.25, 0.3) is 0 Å². The molecule has 0 bridgehead atoms. The van der Waals surface area contributed by atoms with Crippen molar-refractivity contribution in [3.05, 3.63) is 29.8 Å². The van der Waals surface area contributed by atoms with Crippen LogP contribution >= 0.6 is 11.8 Å². The van der Waals surface area contributed by atoms with Crippen molar-refractivity contribution in [3.63, 3.8) is 0 Å². The molecule has 2 rings (SSSR count). The second-order valence-corrected chi connectivity index (χ2v) is 5.12. The number of para-hydroxylation sites is 1. The fourth-order valence-corrected chi connectivity index (χ4v) is 2.88. The minimum absolute atomic E-state index is 0.0619. The quantitative estimate of drug-likeness (QED) is 0.814. The summed E-state index contributed by atoms with van der Waals surface area (Å²) >= 11 is 1.82. The number of benzene rings is 1. The van der Waals surface area contributed by atoms with Gasteiger partial charge in [0.2, 0.25) is 0 Å². The molecule has 0 fully saturated rings. The Morgan fingerprint density at radius 2 is 2.31 bits per heavy atom. The van der Waals surface area contributed by atoms with Crippen LogP contribution in [0.4, 0.5) is 0 Å². The van der Waals surface area contributed by atoms with Gasteiger partial charge < -0.3 is 15.2 Å². The molecule has 0 saturated carbocycles. The van der Waals surface area contributed by atoms with E-state index in [0.717, 1.165) is 23.7 Å². The zero-order valence-corrected chi connectivity index (χ0v) is 10.2. The van der Waals surface area contributed by atoms with Gasteiger partial charge in [-0.2, -0.15) is 11.8 Å². The molecule has 0 saturated heterocycles. The van der Waals surface area contributed by atoms with Gasteiger partial charge in [0.25, 0.3) is 0 Å². The van der Waals surface area contributed by atoms with Crippen molar-refractivity contribution in [2.45, 2.75) is 11.3 Å². The highest BCUT2D eigenvalue weighted by molar-refractivity contribution is 8.00. The molecule has 0 radical (unpaired) electrons. The van der Waals surface area contributed by atoms with E-state index in [1.807, 2.05) is 36.0 Å². The van der Waals surface area contributed by atoms with Gasteiger partial charge in [-0.15, -0.1) is 0 Å². The van der Waals surface area contributed by atoms with E-state index in [1.165, 1.54) is 0 Å². The van der Waals surface area contributed by atoms with E-state index in [2.05, 4.69) is 0 Å². The topological polar surface area (TPSA) is 44.5 Å². The van der Waals surface area contributed by atoms with Crippen LogP contribution in [0.5, 0.6) is 5.75 Å². The Balaban J connectivity index is 2.00. The van der Waals surface area contributed by atoms with Gasteiger partial charge in [-0.25, -0.2) is 0 Å². The number of hydrogen-bond donors (Lipinski definition) is 1. The highest BCUT2D eigenvalue weighted by Gasteiger charge is 2.27. The summed E-state index contributed by atoms with van der Waals surface area (Å²) in [6.45, 7) is 1.45. The predicted molar refractivity (Wildman–Crippen MR) is 67.0 cm³/mol. The maximum absolute atomic E-state index is 6.23. The zero-order valence-electron chi connectivity index (χ0n) is 9.39. The number of fused-ring (bicyclic) bond motifs is 1. The molecule has 1 aromatic carbocycles. The summed E-state index contributed by atoms with van der Waals surface area (Å²) < 4.78 is 10.7. The van der Waals surface area contributed by atoms with E-state index >= 15 is 0 Å². The Bertz CT molecular complexity index is 346. The molecule has 2 unspecified atom stereocenters. The number of hydrogen-bond acceptors (Lipinski definition) is 4. The summed E-state index contributed by atoms with van der Waals surface area (Å²) in [5.41, 5.74) is 7.35. The molecule has 88 valence electrons. The Morgan fingerprint density at radius 1 is 1.50 bits per heavy atom. The van der Waals surface area contributed by atoms with Gasteiger partial charge >= 0.3 is 0 Å². The third kappa shape index (κ3) is 2.51. The first kappa shape index (κ1) is 11.8. The number of thioether (sulfide) groups is 1. The summed E-state index contributed by atoms with van der Waals surface area (Å²) in [7, 11) is 1.72. The molecule has 1 heterocycles. The molecule has 1 aromatic rings. The van der Waals surface area contributed by atoms with Crippen LogP contribution in [0.3, 0.4) is 0 Å². The standard InChI is InChI=1S/C12H17NO2S/c1-14-6-7-16-11-8-15-10-5-3-2-4-9(10)12(11)13/h2-5,11-12H,6-8,13H2,1H3. The normalized spacial score (nSPS) is 23.6. The molecule has 0 spiro atoms. The summed E-state index contributed by atoms with van der Waals surface area (Å²) in [6, 6.07) is 8.06. The third-order valence-corrected chi connectivity index (χ3v) is 3.96. The minimum atomic E-state index is 0.0619. The maximum Gasteiger partial charge on any atom is 0.124 e. The van der Waals surface area contributed by atoms with Gasteiger partial charge in [0.15, 0.2) is 0 Å². The molecule has 1 aliphatic rings. The Hall–Kier alpha value is -0.710. The molecular formula is C12H17NO2S. The predicted octanol–water partition coefficient (Wildman–Crippen LogP) is 1.83. The van der Waals surface area contributed by atoms with E-state index in [0.29, 0.717) is 11.9 Å². The van der Waals surface area contributed by atoms with Crippen molar-refractivity contribution >= 4 is 11.8 Å². The van der Waals surface area contributed by atoms with Crippen molar-refractivity contribution < 1.29 is 9.47 Å². The van der Waals surface area contributed by atoms with Gasteiger partial charge in [-0.05, 0) is 6.07 Å². The summed E-state index contributed by atoms with van der Waals surface area (Å²) in [5.74, 6) is 1.89. The number of methoxy groups -OCH3 is 1. The molecule has 4 heteroatoms.